The van der Waals surface area contributed by atoms with Crippen molar-refractivity contribution in [3.8, 4) is 0 Å². The summed E-state index contributed by atoms with van der Waals surface area (Å²) in [4.78, 5) is 21.4. The number of rotatable bonds is 4. The molecule has 1 aliphatic heterocycles. The maximum Gasteiger partial charge on any atom is 0.255 e. The van der Waals surface area contributed by atoms with Crippen LogP contribution in [-0.4, -0.2) is 21.8 Å². The maximum atomic E-state index is 13.0. The smallest absolute Gasteiger partial charge is 0.255 e. The molecule has 0 saturated carbocycles. The number of halogens is 1. The number of nitrogens with one attached hydrogen (secondary N) is 2. The van der Waals surface area contributed by atoms with Gasteiger partial charge in [0.1, 0.15) is 5.82 Å². The van der Waals surface area contributed by atoms with Crippen LogP contribution in [0.25, 0.3) is 0 Å². The lowest BCUT2D eigenvalue weighted by Gasteiger charge is -2.11. The molecule has 29 heavy (non-hydrogen) atoms. The summed E-state index contributed by atoms with van der Waals surface area (Å²) >= 11 is 1.65. The number of anilines is 2. The lowest BCUT2D eigenvalue weighted by atomic mass is 10.1. The van der Waals surface area contributed by atoms with Gasteiger partial charge in [0.15, 0.2) is 5.17 Å². The molecule has 0 bridgehead atoms. The van der Waals surface area contributed by atoms with E-state index in [2.05, 4.69) is 15.6 Å². The van der Waals surface area contributed by atoms with Gasteiger partial charge in [-0.25, -0.2) is 4.39 Å². The number of amidine groups is 1. The Morgan fingerprint density at radius 2 is 1.86 bits per heavy atom. The van der Waals surface area contributed by atoms with Crippen molar-refractivity contribution < 1.29 is 9.18 Å². The summed E-state index contributed by atoms with van der Waals surface area (Å²) in [6, 6.07) is 15.2. The van der Waals surface area contributed by atoms with E-state index in [1.807, 2.05) is 25.1 Å². The minimum absolute atomic E-state index is 0.0933. The quantitative estimate of drug-likeness (QED) is 0.637. The molecule has 1 unspecified atom stereocenters. The van der Waals surface area contributed by atoms with Crippen LogP contribution in [0.2, 0.25) is 0 Å². The van der Waals surface area contributed by atoms with E-state index >= 15 is 0 Å². The maximum absolute atomic E-state index is 13.0. The zero-order chi connectivity index (χ0) is 20.2. The number of amides is 1. The Bertz CT molecular complexity index is 1050. The van der Waals surface area contributed by atoms with Crippen LogP contribution in [0.4, 0.5) is 15.8 Å². The second-order valence-electron chi connectivity index (χ2n) is 6.66. The number of benzene rings is 2. The molecule has 1 amide bonds. The predicted molar refractivity (Wildman–Crippen MR) is 116 cm³/mol. The molecule has 0 spiro atoms. The number of aromatic nitrogens is 1. The second-order valence-corrected chi connectivity index (χ2v) is 7.67. The van der Waals surface area contributed by atoms with Gasteiger partial charge >= 0.3 is 0 Å². The molecule has 0 saturated heterocycles. The number of carbonyl (C=O) groups excluding carboxylic acids is 1. The first kappa shape index (κ1) is 19.1. The fourth-order valence-electron chi connectivity index (χ4n) is 2.95. The molecule has 0 fully saturated rings. The Labute approximate surface area is 172 Å². The topological polar surface area (TPSA) is 66.4 Å². The number of carbonyl (C=O) groups is 1. The molecule has 2 aromatic carbocycles. The Kier molecular flexibility index (Phi) is 5.57. The van der Waals surface area contributed by atoms with Gasteiger partial charge < -0.3 is 10.6 Å². The summed E-state index contributed by atoms with van der Waals surface area (Å²) in [5.74, 6) is 0.260. The van der Waals surface area contributed by atoms with Crippen molar-refractivity contribution in [2.75, 3.05) is 16.4 Å². The summed E-state index contributed by atoms with van der Waals surface area (Å²) in [5, 5.41) is 6.95. The first-order chi connectivity index (χ1) is 14.1. The highest BCUT2D eigenvalue weighted by Crippen LogP contribution is 2.31. The van der Waals surface area contributed by atoms with Crippen molar-refractivity contribution in [2.45, 2.75) is 13.0 Å². The summed E-state index contributed by atoms with van der Waals surface area (Å²) in [6.07, 6.45) is 3.54. The molecule has 1 aliphatic rings. The molecule has 1 aromatic heterocycles. The van der Waals surface area contributed by atoms with E-state index in [-0.39, 0.29) is 17.8 Å². The molecule has 1 atom stereocenters. The van der Waals surface area contributed by atoms with Gasteiger partial charge in [0.25, 0.3) is 5.91 Å². The van der Waals surface area contributed by atoms with Crippen LogP contribution in [0.1, 0.15) is 27.5 Å². The zero-order valence-electron chi connectivity index (χ0n) is 15.7. The van der Waals surface area contributed by atoms with E-state index in [9.17, 15) is 9.18 Å². The van der Waals surface area contributed by atoms with Crippen LogP contribution in [-0.2, 0) is 0 Å². The van der Waals surface area contributed by atoms with E-state index in [4.69, 9.17) is 4.99 Å². The lowest BCUT2D eigenvalue weighted by Crippen LogP contribution is -2.13. The van der Waals surface area contributed by atoms with Crippen LogP contribution in [0.15, 0.2) is 72.0 Å². The Morgan fingerprint density at radius 3 is 2.62 bits per heavy atom. The van der Waals surface area contributed by atoms with Crippen LogP contribution >= 0.6 is 11.8 Å². The number of hydrogen-bond acceptors (Lipinski definition) is 5. The van der Waals surface area contributed by atoms with Crippen LogP contribution in [0, 0.1) is 12.7 Å². The summed E-state index contributed by atoms with van der Waals surface area (Å²) in [6.45, 7) is 1.98. The van der Waals surface area contributed by atoms with Crippen LogP contribution in [0.5, 0.6) is 0 Å². The largest absolute Gasteiger partial charge is 0.335 e. The van der Waals surface area contributed by atoms with E-state index in [0.717, 1.165) is 27.7 Å². The van der Waals surface area contributed by atoms with Crippen molar-refractivity contribution in [3.05, 3.63) is 89.5 Å². The Balaban J connectivity index is 1.48. The van der Waals surface area contributed by atoms with Crippen molar-refractivity contribution >= 4 is 34.2 Å². The zero-order valence-corrected chi connectivity index (χ0v) is 16.5. The molecule has 5 nitrogen and oxygen atoms in total. The Morgan fingerprint density at radius 1 is 1.10 bits per heavy atom. The molecular formula is C22H19FN4OS. The average Bonchev–Trinajstić information content (AvgIpc) is 3.20. The minimum atomic E-state index is -0.343. The molecule has 146 valence electrons. The van der Waals surface area contributed by atoms with Crippen molar-refractivity contribution in [3.63, 3.8) is 0 Å². The summed E-state index contributed by atoms with van der Waals surface area (Å²) < 4.78 is 13.0. The minimum Gasteiger partial charge on any atom is -0.335 e. The van der Waals surface area contributed by atoms with E-state index < -0.39 is 0 Å². The van der Waals surface area contributed by atoms with Gasteiger partial charge in [-0.2, -0.15) is 0 Å². The van der Waals surface area contributed by atoms with Gasteiger partial charge in [0, 0.05) is 35.1 Å². The molecule has 0 radical (unpaired) electrons. The Hall–Kier alpha value is -3.19. The van der Waals surface area contributed by atoms with Gasteiger partial charge in [-0.05, 0) is 66.6 Å². The molecule has 2 N–H and O–H groups in total. The number of hydrogen-bond donors (Lipinski definition) is 2. The standard InChI is InChI=1S/C22H19FN4OS/c1-14-2-3-16(21(28)25-18-6-4-17(23)5-7-18)12-19(14)26-22-27-20(13-29-22)15-8-10-24-11-9-15/h2-12,20H,13H2,1H3,(H,25,28)(H,26,27). The highest BCUT2D eigenvalue weighted by molar-refractivity contribution is 8.14. The normalized spacial score (nSPS) is 15.7. The third-order valence-corrected chi connectivity index (χ3v) is 5.55. The van der Waals surface area contributed by atoms with Crippen molar-refractivity contribution in [1.82, 2.24) is 4.98 Å². The first-order valence-electron chi connectivity index (χ1n) is 9.13. The summed E-state index contributed by atoms with van der Waals surface area (Å²) in [5.41, 5.74) is 4.03. The third kappa shape index (κ3) is 4.63. The van der Waals surface area contributed by atoms with E-state index in [1.165, 1.54) is 24.3 Å². The monoisotopic (exact) mass is 406 g/mol. The highest BCUT2D eigenvalue weighted by Gasteiger charge is 2.20. The van der Waals surface area contributed by atoms with Gasteiger partial charge in [-0.15, -0.1) is 0 Å². The van der Waals surface area contributed by atoms with Gasteiger partial charge in [-0.1, -0.05) is 17.8 Å². The van der Waals surface area contributed by atoms with Crippen molar-refractivity contribution in [1.29, 1.82) is 0 Å². The van der Waals surface area contributed by atoms with Gasteiger partial charge in [0.05, 0.1) is 6.04 Å². The van der Waals surface area contributed by atoms with E-state index in [1.54, 1.807) is 36.3 Å². The fraction of sp³-hybridized carbons (Fsp3) is 0.136. The predicted octanol–water partition coefficient (Wildman–Crippen LogP) is 5.04. The van der Waals surface area contributed by atoms with Gasteiger partial charge in [0.2, 0.25) is 0 Å². The number of nitrogens with zero attached hydrogens (tertiary/aromatic N) is 2. The molecule has 0 aliphatic carbocycles. The number of aryl methyl sites for hydroxylation is 1. The number of pyridine rings is 1. The fourth-order valence-corrected chi connectivity index (χ4v) is 3.91. The number of thioether (sulfide) groups is 1. The SMILES string of the molecule is Cc1ccc(C(=O)Nc2ccc(F)cc2)cc1NC1=NC(c2ccncc2)CS1. The molecule has 2 heterocycles. The second kappa shape index (κ2) is 8.45. The first-order valence-corrected chi connectivity index (χ1v) is 10.1. The highest BCUT2D eigenvalue weighted by atomic mass is 32.2. The van der Waals surface area contributed by atoms with Crippen LogP contribution in [0.3, 0.4) is 0 Å². The average molecular weight is 406 g/mol. The molecular weight excluding hydrogens is 387 g/mol. The molecule has 7 heteroatoms. The third-order valence-electron chi connectivity index (χ3n) is 4.59. The van der Waals surface area contributed by atoms with Crippen LogP contribution < -0.4 is 10.6 Å². The molecule has 3 aromatic rings. The molecule has 4 rings (SSSR count). The van der Waals surface area contributed by atoms with Crippen molar-refractivity contribution in [2.24, 2.45) is 4.99 Å². The number of aliphatic imine (C=N–C) groups is 1. The van der Waals surface area contributed by atoms with Gasteiger partial charge in [-0.3, -0.25) is 14.8 Å². The summed E-state index contributed by atoms with van der Waals surface area (Å²) in [7, 11) is 0. The lowest BCUT2D eigenvalue weighted by molar-refractivity contribution is 0.102. The van der Waals surface area contributed by atoms with E-state index in [0.29, 0.717) is 11.3 Å².